The number of hydrogen-bond donors (Lipinski definition) is 1. The number of aryl methyl sites for hydroxylation is 1. The number of carbonyl (C=O) groups is 1. The first-order chi connectivity index (χ1) is 11.7. The fourth-order valence-corrected chi connectivity index (χ4v) is 3.45. The standard InChI is InChI=1S/C19H17N3OS/c20-13-14-9-11-15(12-10-14)21-18(23)7-3-4-8-19-22-16-5-1-2-6-17(16)24-19/h1-2,5-6,9-12H,3-4,7-8H2,(H,21,23). The Labute approximate surface area is 144 Å². The van der Waals surface area contributed by atoms with E-state index in [1.165, 1.54) is 4.70 Å². The van der Waals surface area contributed by atoms with Crippen LogP contribution < -0.4 is 5.32 Å². The fourth-order valence-electron chi connectivity index (χ4n) is 2.44. The van der Waals surface area contributed by atoms with Crippen molar-refractivity contribution in [3.05, 3.63) is 59.1 Å². The minimum Gasteiger partial charge on any atom is -0.326 e. The Morgan fingerprint density at radius 2 is 1.92 bits per heavy atom. The predicted octanol–water partition coefficient (Wildman–Crippen LogP) is 4.52. The molecule has 1 N–H and O–H groups in total. The van der Waals surface area contributed by atoms with Crippen molar-refractivity contribution in [3.8, 4) is 6.07 Å². The summed E-state index contributed by atoms with van der Waals surface area (Å²) in [6.45, 7) is 0. The van der Waals surface area contributed by atoms with E-state index in [2.05, 4.69) is 22.4 Å². The van der Waals surface area contributed by atoms with Crippen LogP contribution in [0.15, 0.2) is 48.5 Å². The molecule has 0 aliphatic carbocycles. The number of para-hydroxylation sites is 1. The van der Waals surface area contributed by atoms with Crippen LogP contribution in [0.1, 0.15) is 29.8 Å². The van der Waals surface area contributed by atoms with E-state index >= 15 is 0 Å². The van der Waals surface area contributed by atoms with E-state index in [0.717, 1.165) is 35.5 Å². The predicted molar refractivity (Wildman–Crippen MR) is 97.0 cm³/mol. The molecule has 3 rings (SSSR count). The number of thiazole rings is 1. The quantitative estimate of drug-likeness (QED) is 0.674. The van der Waals surface area contributed by atoms with Gasteiger partial charge < -0.3 is 5.32 Å². The van der Waals surface area contributed by atoms with Crippen LogP contribution in [0.3, 0.4) is 0 Å². The maximum atomic E-state index is 11.9. The number of nitriles is 1. The van der Waals surface area contributed by atoms with Crippen molar-refractivity contribution in [2.75, 3.05) is 5.32 Å². The maximum absolute atomic E-state index is 11.9. The van der Waals surface area contributed by atoms with Crippen LogP contribution >= 0.6 is 11.3 Å². The molecule has 0 saturated heterocycles. The number of amides is 1. The third-order valence-electron chi connectivity index (χ3n) is 3.68. The van der Waals surface area contributed by atoms with E-state index in [1.807, 2.05) is 18.2 Å². The summed E-state index contributed by atoms with van der Waals surface area (Å²) < 4.78 is 1.21. The van der Waals surface area contributed by atoms with Gasteiger partial charge in [0.15, 0.2) is 0 Å². The number of benzene rings is 2. The summed E-state index contributed by atoms with van der Waals surface area (Å²) in [5.41, 5.74) is 2.37. The largest absolute Gasteiger partial charge is 0.326 e. The van der Waals surface area contributed by atoms with Crippen molar-refractivity contribution >= 4 is 33.1 Å². The van der Waals surface area contributed by atoms with Gasteiger partial charge in [0.25, 0.3) is 0 Å². The highest BCUT2D eigenvalue weighted by molar-refractivity contribution is 7.18. The van der Waals surface area contributed by atoms with E-state index in [0.29, 0.717) is 12.0 Å². The number of aromatic nitrogens is 1. The van der Waals surface area contributed by atoms with Gasteiger partial charge in [-0.05, 0) is 55.7 Å². The van der Waals surface area contributed by atoms with Crippen LogP contribution in [0.25, 0.3) is 10.2 Å². The molecule has 0 aliphatic heterocycles. The number of nitrogens with one attached hydrogen (secondary N) is 1. The van der Waals surface area contributed by atoms with Crippen molar-refractivity contribution in [2.24, 2.45) is 0 Å². The van der Waals surface area contributed by atoms with Crippen molar-refractivity contribution < 1.29 is 4.79 Å². The molecule has 0 fully saturated rings. The molecule has 0 bridgehead atoms. The molecule has 24 heavy (non-hydrogen) atoms. The molecule has 0 aliphatic rings. The number of unbranched alkanes of at least 4 members (excludes halogenated alkanes) is 1. The third-order valence-corrected chi connectivity index (χ3v) is 4.78. The highest BCUT2D eigenvalue weighted by Gasteiger charge is 2.05. The zero-order valence-electron chi connectivity index (χ0n) is 13.2. The second-order valence-electron chi connectivity index (χ2n) is 5.52. The minimum atomic E-state index is 0.00371. The van der Waals surface area contributed by atoms with Crippen LogP contribution in [0.2, 0.25) is 0 Å². The smallest absolute Gasteiger partial charge is 0.224 e. The van der Waals surface area contributed by atoms with E-state index in [-0.39, 0.29) is 5.91 Å². The van der Waals surface area contributed by atoms with E-state index < -0.39 is 0 Å². The topological polar surface area (TPSA) is 65.8 Å². The molecule has 0 spiro atoms. The van der Waals surface area contributed by atoms with E-state index in [4.69, 9.17) is 5.26 Å². The molecule has 0 saturated carbocycles. The first-order valence-corrected chi connectivity index (χ1v) is 8.71. The molecule has 1 aromatic heterocycles. The van der Waals surface area contributed by atoms with Gasteiger partial charge in [-0.25, -0.2) is 4.98 Å². The van der Waals surface area contributed by atoms with Gasteiger partial charge in [-0.2, -0.15) is 5.26 Å². The summed E-state index contributed by atoms with van der Waals surface area (Å²) in [7, 11) is 0. The minimum absolute atomic E-state index is 0.00371. The SMILES string of the molecule is N#Cc1ccc(NC(=O)CCCCc2nc3ccccc3s2)cc1. The van der Waals surface area contributed by atoms with Crippen LogP contribution in [0.5, 0.6) is 0 Å². The lowest BCUT2D eigenvalue weighted by Gasteiger charge is -2.04. The molecular weight excluding hydrogens is 318 g/mol. The Kier molecular flexibility index (Phi) is 5.19. The third kappa shape index (κ3) is 4.18. The number of anilines is 1. The van der Waals surface area contributed by atoms with Gasteiger partial charge in [0.1, 0.15) is 0 Å². The average molecular weight is 335 g/mol. The molecule has 1 heterocycles. The molecule has 4 nitrogen and oxygen atoms in total. The summed E-state index contributed by atoms with van der Waals surface area (Å²) in [6.07, 6.45) is 3.17. The lowest BCUT2D eigenvalue weighted by molar-refractivity contribution is -0.116. The molecule has 3 aromatic rings. The second kappa shape index (κ2) is 7.71. The first kappa shape index (κ1) is 16.2. The normalized spacial score (nSPS) is 10.5. The summed E-state index contributed by atoms with van der Waals surface area (Å²) >= 11 is 1.72. The Morgan fingerprint density at radius 3 is 2.67 bits per heavy atom. The van der Waals surface area contributed by atoms with Gasteiger partial charge in [0, 0.05) is 12.1 Å². The van der Waals surface area contributed by atoms with Crippen molar-refractivity contribution in [2.45, 2.75) is 25.7 Å². The molecule has 0 atom stereocenters. The second-order valence-corrected chi connectivity index (χ2v) is 6.63. The van der Waals surface area contributed by atoms with Crippen molar-refractivity contribution in [1.29, 1.82) is 5.26 Å². The molecule has 0 radical (unpaired) electrons. The van der Waals surface area contributed by atoms with Gasteiger partial charge in [-0.3, -0.25) is 4.79 Å². The Hall–Kier alpha value is -2.71. The number of carbonyl (C=O) groups excluding carboxylic acids is 1. The van der Waals surface area contributed by atoms with Gasteiger partial charge in [-0.15, -0.1) is 11.3 Å². The lowest BCUT2D eigenvalue weighted by Crippen LogP contribution is -2.11. The molecule has 0 unspecified atom stereocenters. The fraction of sp³-hybridized carbons (Fsp3) is 0.211. The lowest BCUT2D eigenvalue weighted by atomic mass is 10.2. The summed E-state index contributed by atoms with van der Waals surface area (Å²) in [6, 6.07) is 17.1. The van der Waals surface area contributed by atoms with E-state index in [9.17, 15) is 4.79 Å². The summed E-state index contributed by atoms with van der Waals surface area (Å²) in [5.74, 6) is 0.00371. The van der Waals surface area contributed by atoms with Crippen LogP contribution in [-0.4, -0.2) is 10.9 Å². The first-order valence-electron chi connectivity index (χ1n) is 7.89. The Morgan fingerprint density at radius 1 is 1.12 bits per heavy atom. The van der Waals surface area contributed by atoms with Crippen LogP contribution in [0.4, 0.5) is 5.69 Å². The molecule has 5 heteroatoms. The van der Waals surface area contributed by atoms with Crippen LogP contribution in [-0.2, 0) is 11.2 Å². The van der Waals surface area contributed by atoms with Gasteiger partial charge in [0.2, 0.25) is 5.91 Å². The number of nitrogens with zero attached hydrogens (tertiary/aromatic N) is 2. The molecular formula is C19H17N3OS. The zero-order valence-corrected chi connectivity index (χ0v) is 14.0. The highest BCUT2D eigenvalue weighted by atomic mass is 32.1. The van der Waals surface area contributed by atoms with Gasteiger partial charge >= 0.3 is 0 Å². The molecule has 120 valence electrons. The Balaban J connectivity index is 1.42. The molecule has 1 amide bonds. The number of fused-ring (bicyclic) bond motifs is 1. The van der Waals surface area contributed by atoms with Gasteiger partial charge in [0.05, 0.1) is 26.9 Å². The van der Waals surface area contributed by atoms with Gasteiger partial charge in [-0.1, -0.05) is 12.1 Å². The zero-order chi connectivity index (χ0) is 16.8. The average Bonchev–Trinajstić information content (AvgIpc) is 3.02. The Bertz CT molecular complexity index is 845. The highest BCUT2D eigenvalue weighted by Crippen LogP contribution is 2.22. The van der Waals surface area contributed by atoms with Crippen molar-refractivity contribution in [1.82, 2.24) is 4.98 Å². The van der Waals surface area contributed by atoms with Crippen molar-refractivity contribution in [3.63, 3.8) is 0 Å². The number of hydrogen-bond acceptors (Lipinski definition) is 4. The summed E-state index contributed by atoms with van der Waals surface area (Å²) in [4.78, 5) is 16.5. The monoisotopic (exact) mass is 335 g/mol. The maximum Gasteiger partial charge on any atom is 0.224 e. The summed E-state index contributed by atoms with van der Waals surface area (Å²) in [5, 5.41) is 12.7. The van der Waals surface area contributed by atoms with Crippen LogP contribution in [0, 0.1) is 11.3 Å². The number of rotatable bonds is 6. The molecule has 2 aromatic carbocycles. The van der Waals surface area contributed by atoms with E-state index in [1.54, 1.807) is 35.6 Å².